The highest BCUT2D eigenvalue weighted by Gasteiger charge is 2.38. The molecule has 33 heteroatoms. The molecule has 3 fully saturated rings. The third-order valence-electron chi connectivity index (χ3n) is 17.9. The number of pyridine rings is 3. The highest BCUT2D eigenvalue weighted by Crippen LogP contribution is 2.43. The molecule has 6 aliphatic rings. The first-order valence-electron chi connectivity index (χ1n) is 35.4. The van der Waals surface area contributed by atoms with Crippen molar-refractivity contribution in [1.29, 1.82) is 0 Å². The molecule has 6 aliphatic heterocycles. The number of alkyl halides is 3. The number of piperidine rings is 3. The van der Waals surface area contributed by atoms with Crippen molar-refractivity contribution in [3.63, 3.8) is 0 Å². The fourth-order valence-electron chi connectivity index (χ4n) is 12.9. The summed E-state index contributed by atoms with van der Waals surface area (Å²) < 4.78 is 81.2. The first-order valence-corrected chi connectivity index (χ1v) is 35.4. The lowest BCUT2D eigenvalue weighted by molar-refractivity contribution is -0.141. The molecule has 3 saturated heterocycles. The molecular formula is C71H93F3N20O10. The lowest BCUT2D eigenvalue weighted by Crippen LogP contribution is -2.48. The Kier molecular flexibility index (Phi) is 23.7. The van der Waals surface area contributed by atoms with Crippen LogP contribution in [0.3, 0.4) is 0 Å². The highest BCUT2D eigenvalue weighted by molar-refractivity contribution is 5.74. The monoisotopic (exact) mass is 1440 g/mol. The standard InChI is InChI=1S/C24H31F3N6O3.C24H31N9O3.C23H31N5O4/c1-15-17(6-7-18(30-15)24(25,26)27)31-20-19-21(29-14-28-20)33(10-5-13-35-19)16-8-11-32(12-9-16)22(34)36-23(2,3)4;1-16(2)36-24(34)31-10-7-18(8-11-31)32-9-4-12-35-21-22(26-14-27-23(21)32)30-19-5-6-20(29-17(19)3)33-15-25-13-28-33;1-16-18(7-5-10-24-16)31-21-19-20(25-15-26-21)28(11-6-14-30-19)17-8-12-27(13-9-17)22(29)32-23(2,3)4/h6-7,14,16H,5,8-13H2,1-4H3,(H,28,29,31);5-6,13-16,18H,4,7-12H2,1-3H3,(H,26,27,30);5,7,10,15,17H,6,8-9,11-14H2,1-4H3. The first-order chi connectivity index (χ1) is 49.7. The van der Waals surface area contributed by atoms with Gasteiger partial charge in [0.25, 0.3) is 5.88 Å². The Balaban J connectivity index is 0.000000157. The number of hydrogen-bond acceptors (Lipinski definition) is 26. The molecule has 7 aromatic heterocycles. The summed E-state index contributed by atoms with van der Waals surface area (Å²) in [5.74, 6) is 6.46. The van der Waals surface area contributed by atoms with Gasteiger partial charge in [0.1, 0.15) is 48.5 Å². The smallest absolute Gasteiger partial charge is 0.433 e. The van der Waals surface area contributed by atoms with Crippen LogP contribution in [0.2, 0.25) is 0 Å². The van der Waals surface area contributed by atoms with Crippen molar-refractivity contribution in [2.75, 3.05) is 104 Å². The predicted molar refractivity (Wildman–Crippen MR) is 380 cm³/mol. The largest absolute Gasteiger partial charge is 0.486 e. The van der Waals surface area contributed by atoms with Crippen LogP contribution < -0.4 is 44.3 Å². The van der Waals surface area contributed by atoms with Crippen LogP contribution in [0.15, 0.2) is 74.2 Å². The van der Waals surface area contributed by atoms with Crippen LogP contribution in [0.1, 0.15) is 136 Å². The van der Waals surface area contributed by atoms with Gasteiger partial charge in [0.2, 0.25) is 17.2 Å². The average molecular weight is 1440 g/mol. The molecule has 104 heavy (non-hydrogen) atoms. The van der Waals surface area contributed by atoms with Gasteiger partial charge in [-0.2, -0.15) is 23.3 Å². The van der Waals surface area contributed by atoms with E-state index in [1.54, 1.807) is 38.2 Å². The quantitative estimate of drug-likeness (QED) is 0.114. The number of amides is 3. The number of anilines is 7. The van der Waals surface area contributed by atoms with E-state index in [9.17, 15) is 27.6 Å². The Morgan fingerprint density at radius 2 is 0.981 bits per heavy atom. The molecule has 30 nitrogen and oxygen atoms in total. The number of carbonyl (C=O) groups excluding carboxylic acids is 3. The van der Waals surface area contributed by atoms with Gasteiger partial charge < -0.3 is 73.2 Å². The number of carbonyl (C=O) groups is 3. The second kappa shape index (κ2) is 33.0. The Morgan fingerprint density at radius 1 is 0.529 bits per heavy atom. The van der Waals surface area contributed by atoms with Crippen molar-refractivity contribution in [2.45, 2.75) is 176 Å². The molecule has 0 radical (unpaired) electrons. The van der Waals surface area contributed by atoms with Gasteiger partial charge in [0, 0.05) is 83.2 Å². The molecule has 0 atom stereocenters. The van der Waals surface area contributed by atoms with Crippen molar-refractivity contribution in [3.8, 4) is 34.7 Å². The number of ether oxygens (including phenoxy) is 7. The molecule has 13 heterocycles. The maximum atomic E-state index is 13.0. The van der Waals surface area contributed by atoms with Crippen LogP contribution in [0.5, 0.6) is 28.9 Å². The minimum absolute atomic E-state index is 0.120. The molecular weight excluding hydrogens is 1350 g/mol. The van der Waals surface area contributed by atoms with Crippen molar-refractivity contribution in [2.24, 2.45) is 0 Å². The Hall–Kier alpha value is -10.4. The van der Waals surface area contributed by atoms with E-state index in [2.05, 4.69) is 80.3 Å². The fourth-order valence-corrected chi connectivity index (χ4v) is 12.9. The molecule has 0 spiro atoms. The molecule has 13 rings (SSSR count). The minimum Gasteiger partial charge on any atom is -0.486 e. The van der Waals surface area contributed by atoms with Gasteiger partial charge in [-0.25, -0.2) is 58.9 Å². The molecule has 0 aromatic carbocycles. The minimum atomic E-state index is -4.52. The number of aryl methyl sites for hydroxylation is 3. The van der Waals surface area contributed by atoms with Gasteiger partial charge in [-0.05, 0) is 170 Å². The molecule has 0 unspecified atom stereocenters. The molecule has 3 amide bonds. The van der Waals surface area contributed by atoms with Crippen LogP contribution >= 0.6 is 0 Å². The number of likely N-dealkylation sites (tertiary alicyclic amines) is 3. The van der Waals surface area contributed by atoms with Crippen LogP contribution in [-0.4, -0.2) is 207 Å². The van der Waals surface area contributed by atoms with Crippen molar-refractivity contribution >= 4 is 58.7 Å². The topological polar surface area (TPSA) is 306 Å². The fraction of sp³-hybridized carbons (Fsp3) is 0.549. The normalized spacial score (nSPS) is 16.9. The molecule has 0 bridgehead atoms. The Labute approximate surface area is 602 Å². The number of nitrogens with one attached hydrogen (secondary N) is 2. The number of rotatable bonds is 11. The van der Waals surface area contributed by atoms with E-state index >= 15 is 0 Å². The van der Waals surface area contributed by atoms with E-state index in [1.807, 2.05) is 93.5 Å². The molecule has 7 aromatic rings. The number of fused-ring (bicyclic) bond motifs is 3. The second-order valence-electron chi connectivity index (χ2n) is 28.2. The third-order valence-corrected chi connectivity index (χ3v) is 17.9. The summed E-state index contributed by atoms with van der Waals surface area (Å²) >= 11 is 0. The second-order valence-corrected chi connectivity index (χ2v) is 28.2. The van der Waals surface area contributed by atoms with E-state index in [0.29, 0.717) is 117 Å². The van der Waals surface area contributed by atoms with E-state index in [1.165, 1.54) is 32.0 Å². The summed E-state index contributed by atoms with van der Waals surface area (Å²) in [6, 6.07) is 10.4. The summed E-state index contributed by atoms with van der Waals surface area (Å²) in [7, 11) is 0. The molecule has 0 saturated carbocycles. The van der Waals surface area contributed by atoms with Gasteiger partial charge in [-0.1, -0.05) is 0 Å². The van der Waals surface area contributed by atoms with E-state index in [0.717, 1.165) is 112 Å². The maximum Gasteiger partial charge on any atom is 0.433 e. The number of aromatic nitrogens is 12. The number of hydrogen-bond donors (Lipinski definition) is 2. The number of halogens is 3. The molecule has 558 valence electrons. The molecule has 2 N–H and O–H groups in total. The Bertz CT molecular complexity index is 4060. The van der Waals surface area contributed by atoms with Crippen LogP contribution in [0.4, 0.5) is 68.0 Å². The maximum absolute atomic E-state index is 13.0. The third kappa shape index (κ3) is 19.1. The van der Waals surface area contributed by atoms with Gasteiger partial charge >= 0.3 is 24.5 Å². The molecule has 0 aliphatic carbocycles. The highest BCUT2D eigenvalue weighted by atomic mass is 19.4. The van der Waals surface area contributed by atoms with Crippen LogP contribution in [0, 0.1) is 20.8 Å². The zero-order valence-corrected chi connectivity index (χ0v) is 60.9. The zero-order valence-electron chi connectivity index (χ0n) is 60.9. The van der Waals surface area contributed by atoms with Crippen molar-refractivity contribution < 1.29 is 60.7 Å². The van der Waals surface area contributed by atoms with Crippen LogP contribution in [0.25, 0.3) is 5.82 Å². The average Bonchev–Trinajstić information content (AvgIpc) is 1.38. The van der Waals surface area contributed by atoms with Crippen molar-refractivity contribution in [3.05, 3.63) is 97.0 Å². The van der Waals surface area contributed by atoms with Gasteiger partial charge in [-0.3, -0.25) is 4.98 Å². The summed E-state index contributed by atoms with van der Waals surface area (Å²) in [6.07, 6.45) is 11.2. The summed E-state index contributed by atoms with van der Waals surface area (Å²) in [4.78, 5) is 92.6. The lowest BCUT2D eigenvalue weighted by atomic mass is 10.0. The van der Waals surface area contributed by atoms with E-state index in [-0.39, 0.29) is 48.2 Å². The SMILES string of the molecule is Cc1nc(-n2cncn2)ccc1Nc1ncnc2c1OCCCN2C1CCN(C(=O)OC(C)C)CC1.Cc1nc(C(F)(F)F)ccc1Nc1ncnc2c1OCCCN2C1CCN(C(=O)OC(C)(C)C)CC1.Cc1ncccc1Oc1ncnc2c1OCCCN2C1CCN(C(=O)OC(C)(C)C)CC1. The van der Waals surface area contributed by atoms with Gasteiger partial charge in [0.05, 0.1) is 54.4 Å². The first kappa shape index (κ1) is 74.8. The van der Waals surface area contributed by atoms with Gasteiger partial charge in [0.15, 0.2) is 40.7 Å². The predicted octanol–water partition coefficient (Wildman–Crippen LogP) is 12.0. The van der Waals surface area contributed by atoms with Gasteiger partial charge in [-0.15, -0.1) is 0 Å². The summed E-state index contributed by atoms with van der Waals surface area (Å²) in [6.45, 7) is 28.0. The lowest BCUT2D eigenvalue weighted by Gasteiger charge is -2.39. The summed E-state index contributed by atoms with van der Waals surface area (Å²) in [5.41, 5.74) is 0.987. The number of nitrogens with zero attached hydrogens (tertiary/aromatic N) is 18. The summed E-state index contributed by atoms with van der Waals surface area (Å²) in [5, 5.41) is 10.6. The van der Waals surface area contributed by atoms with Crippen LogP contribution in [-0.2, 0) is 20.4 Å². The van der Waals surface area contributed by atoms with Crippen molar-refractivity contribution in [1.82, 2.24) is 74.3 Å². The van der Waals surface area contributed by atoms with E-state index in [4.69, 9.17) is 33.2 Å². The van der Waals surface area contributed by atoms with E-state index < -0.39 is 23.1 Å². The zero-order chi connectivity index (χ0) is 73.9. The Morgan fingerprint density at radius 3 is 1.41 bits per heavy atom.